The lowest BCUT2D eigenvalue weighted by Gasteiger charge is -2.32. The molecule has 1 aromatic carbocycles. The van der Waals surface area contributed by atoms with E-state index in [-0.39, 0.29) is 23.8 Å². The van der Waals surface area contributed by atoms with E-state index in [0.29, 0.717) is 37.6 Å². The van der Waals surface area contributed by atoms with Gasteiger partial charge in [-0.25, -0.2) is 0 Å². The van der Waals surface area contributed by atoms with Crippen LogP contribution in [0.5, 0.6) is 0 Å². The zero-order valence-corrected chi connectivity index (χ0v) is 19.9. The van der Waals surface area contributed by atoms with Crippen LogP contribution < -0.4 is 5.32 Å². The maximum atomic E-state index is 13.2. The number of thioether (sulfide) groups is 1. The highest BCUT2D eigenvalue weighted by Crippen LogP contribution is 2.30. The minimum atomic E-state index is -0.0191. The Morgan fingerprint density at radius 2 is 1.87 bits per heavy atom. The van der Waals surface area contributed by atoms with Crippen LogP contribution in [-0.2, 0) is 10.5 Å². The lowest BCUT2D eigenvalue weighted by atomic mass is 9.94. The molecule has 1 saturated heterocycles. The van der Waals surface area contributed by atoms with Crippen LogP contribution in [-0.4, -0.2) is 41.0 Å². The Hall–Kier alpha value is -2.28. The van der Waals surface area contributed by atoms with Crippen LogP contribution >= 0.6 is 11.8 Å². The minimum Gasteiger partial charge on any atom is -0.361 e. The van der Waals surface area contributed by atoms with Crippen LogP contribution in [0.4, 0.5) is 0 Å². The van der Waals surface area contributed by atoms with Gasteiger partial charge in [-0.3, -0.25) is 9.59 Å². The fourth-order valence-electron chi connectivity index (χ4n) is 3.65. The number of aryl methyl sites for hydroxylation is 2. The number of carbonyl (C=O) groups excluding carboxylic acids is 2. The zero-order chi connectivity index (χ0) is 22.5. The summed E-state index contributed by atoms with van der Waals surface area (Å²) < 4.78 is 5.25. The number of likely N-dealkylation sites (tertiary alicyclic amines) is 1. The van der Waals surface area contributed by atoms with E-state index in [0.717, 1.165) is 27.5 Å². The lowest BCUT2D eigenvalue weighted by molar-refractivity contribution is -0.127. The van der Waals surface area contributed by atoms with Crippen LogP contribution in [0.15, 0.2) is 33.7 Å². The van der Waals surface area contributed by atoms with E-state index in [4.69, 9.17) is 4.52 Å². The first kappa shape index (κ1) is 23.4. The molecule has 7 heteroatoms. The number of carbonyl (C=O) groups is 2. The predicted molar refractivity (Wildman–Crippen MR) is 123 cm³/mol. The summed E-state index contributed by atoms with van der Waals surface area (Å²) in [6, 6.07) is 7.90. The Kier molecular flexibility index (Phi) is 7.81. The first-order valence-electron chi connectivity index (χ1n) is 11.0. The summed E-state index contributed by atoms with van der Waals surface area (Å²) in [4.78, 5) is 28.6. The van der Waals surface area contributed by atoms with E-state index in [1.165, 1.54) is 0 Å². The third-order valence-electron chi connectivity index (χ3n) is 6.19. The van der Waals surface area contributed by atoms with Crippen molar-refractivity contribution >= 4 is 23.6 Å². The molecule has 1 aliphatic rings. The molecular weight excluding hydrogens is 410 g/mol. The third-order valence-corrected chi connectivity index (χ3v) is 7.29. The number of rotatable bonds is 7. The Balaban J connectivity index is 1.61. The summed E-state index contributed by atoms with van der Waals surface area (Å²) in [5, 5.41) is 7.13. The van der Waals surface area contributed by atoms with Gasteiger partial charge in [-0.05, 0) is 51.7 Å². The van der Waals surface area contributed by atoms with E-state index in [1.807, 2.05) is 49.9 Å². The number of benzene rings is 1. The molecule has 6 nitrogen and oxygen atoms in total. The molecule has 1 unspecified atom stereocenters. The Morgan fingerprint density at radius 3 is 2.48 bits per heavy atom. The van der Waals surface area contributed by atoms with Gasteiger partial charge in [0.05, 0.1) is 11.3 Å². The molecule has 0 bridgehead atoms. The monoisotopic (exact) mass is 443 g/mol. The number of amides is 2. The van der Waals surface area contributed by atoms with E-state index in [1.54, 1.807) is 11.8 Å². The van der Waals surface area contributed by atoms with Crippen molar-refractivity contribution in [3.8, 4) is 0 Å². The summed E-state index contributed by atoms with van der Waals surface area (Å²) in [7, 11) is 0. The highest BCUT2D eigenvalue weighted by molar-refractivity contribution is 7.98. The van der Waals surface area contributed by atoms with Crippen molar-refractivity contribution in [1.82, 2.24) is 15.4 Å². The van der Waals surface area contributed by atoms with Gasteiger partial charge in [0.2, 0.25) is 5.91 Å². The maximum Gasteiger partial charge on any atom is 0.254 e. The second kappa shape index (κ2) is 10.4. The first-order chi connectivity index (χ1) is 14.8. The Labute approximate surface area is 189 Å². The number of aromatic nitrogens is 1. The molecule has 2 heterocycles. The van der Waals surface area contributed by atoms with Crippen LogP contribution in [0.1, 0.15) is 61.0 Å². The molecule has 3 rings (SSSR count). The molecule has 168 valence electrons. The van der Waals surface area contributed by atoms with Gasteiger partial charge < -0.3 is 14.7 Å². The van der Waals surface area contributed by atoms with Crippen molar-refractivity contribution in [3.63, 3.8) is 0 Å². The number of nitrogens with zero attached hydrogens (tertiary/aromatic N) is 2. The van der Waals surface area contributed by atoms with Crippen molar-refractivity contribution in [2.45, 2.75) is 64.2 Å². The molecule has 1 aliphatic heterocycles. The minimum absolute atomic E-state index is 0.0191. The fraction of sp³-hybridized carbons (Fsp3) is 0.542. The molecule has 0 radical (unpaired) electrons. The maximum absolute atomic E-state index is 13.2. The summed E-state index contributed by atoms with van der Waals surface area (Å²) in [6.45, 7) is 11.3. The summed E-state index contributed by atoms with van der Waals surface area (Å²) in [6.07, 6.45) is 1.41. The second-order valence-corrected chi connectivity index (χ2v) is 9.71. The highest BCUT2D eigenvalue weighted by Gasteiger charge is 2.29. The SMILES string of the molecule is Cc1noc(C)c1CSc1ccccc1C(=O)N1CCC(C(=O)NC(C)C(C)C)CC1. The second-order valence-electron chi connectivity index (χ2n) is 8.70. The number of hydrogen-bond acceptors (Lipinski definition) is 5. The lowest BCUT2D eigenvalue weighted by Crippen LogP contribution is -2.45. The fourth-order valence-corrected chi connectivity index (χ4v) is 4.85. The summed E-state index contributed by atoms with van der Waals surface area (Å²) >= 11 is 1.63. The molecule has 31 heavy (non-hydrogen) atoms. The zero-order valence-electron chi connectivity index (χ0n) is 19.1. The van der Waals surface area contributed by atoms with E-state index in [2.05, 4.69) is 24.3 Å². The van der Waals surface area contributed by atoms with E-state index >= 15 is 0 Å². The molecule has 0 spiro atoms. The average molecular weight is 444 g/mol. The van der Waals surface area contributed by atoms with E-state index in [9.17, 15) is 9.59 Å². The molecule has 1 fully saturated rings. The number of hydrogen-bond donors (Lipinski definition) is 1. The van der Waals surface area contributed by atoms with Crippen molar-refractivity contribution in [2.75, 3.05) is 13.1 Å². The molecular formula is C24H33N3O3S. The topological polar surface area (TPSA) is 75.4 Å². The largest absolute Gasteiger partial charge is 0.361 e. The number of nitrogens with one attached hydrogen (secondary N) is 1. The number of piperidine rings is 1. The van der Waals surface area contributed by atoms with Gasteiger partial charge in [-0.15, -0.1) is 11.8 Å². The van der Waals surface area contributed by atoms with Crippen LogP contribution in [0.25, 0.3) is 0 Å². The van der Waals surface area contributed by atoms with Gasteiger partial charge in [0, 0.05) is 41.3 Å². The summed E-state index contributed by atoms with van der Waals surface area (Å²) in [5.74, 6) is 2.07. The van der Waals surface area contributed by atoms with Crippen molar-refractivity contribution in [3.05, 3.63) is 46.8 Å². The Morgan fingerprint density at radius 1 is 1.19 bits per heavy atom. The van der Waals surface area contributed by atoms with Crippen LogP contribution in [0.3, 0.4) is 0 Å². The molecule has 1 aromatic heterocycles. The van der Waals surface area contributed by atoms with Crippen molar-refractivity contribution in [2.24, 2.45) is 11.8 Å². The van der Waals surface area contributed by atoms with Crippen LogP contribution in [0.2, 0.25) is 0 Å². The molecule has 1 N–H and O–H groups in total. The third kappa shape index (κ3) is 5.70. The van der Waals surface area contributed by atoms with Gasteiger partial charge in [0.25, 0.3) is 5.91 Å². The molecule has 2 aromatic rings. The average Bonchev–Trinajstić information content (AvgIpc) is 3.09. The predicted octanol–water partition coefficient (Wildman–Crippen LogP) is 4.60. The standard InChI is InChI=1S/C24H33N3O3S/c1-15(2)16(3)25-23(28)19-10-12-27(13-11-19)24(29)20-8-6-7-9-22(20)31-14-21-17(4)26-30-18(21)5/h6-9,15-16,19H,10-14H2,1-5H3,(H,25,28). The molecule has 1 atom stereocenters. The van der Waals surface area contributed by atoms with Crippen LogP contribution in [0, 0.1) is 25.7 Å². The van der Waals surface area contributed by atoms with Crippen molar-refractivity contribution in [1.29, 1.82) is 0 Å². The van der Waals surface area contributed by atoms with Gasteiger partial charge in [0.15, 0.2) is 0 Å². The molecule has 0 aliphatic carbocycles. The molecule has 2 amide bonds. The van der Waals surface area contributed by atoms with Crippen molar-refractivity contribution < 1.29 is 14.1 Å². The normalized spacial score (nSPS) is 15.9. The highest BCUT2D eigenvalue weighted by atomic mass is 32.2. The smallest absolute Gasteiger partial charge is 0.254 e. The van der Waals surface area contributed by atoms with Gasteiger partial charge >= 0.3 is 0 Å². The summed E-state index contributed by atoms with van der Waals surface area (Å²) in [5.41, 5.74) is 2.69. The first-order valence-corrected chi connectivity index (χ1v) is 12.0. The molecule has 0 saturated carbocycles. The van der Waals surface area contributed by atoms with E-state index < -0.39 is 0 Å². The van der Waals surface area contributed by atoms with Gasteiger partial charge in [-0.2, -0.15) is 0 Å². The van der Waals surface area contributed by atoms with Gasteiger partial charge in [0.1, 0.15) is 5.76 Å². The Bertz CT molecular complexity index is 897. The van der Waals surface area contributed by atoms with Gasteiger partial charge in [-0.1, -0.05) is 31.1 Å². The quantitative estimate of drug-likeness (QED) is 0.633.